The summed E-state index contributed by atoms with van der Waals surface area (Å²) in [5.74, 6) is 0.111. The van der Waals surface area contributed by atoms with Crippen molar-refractivity contribution in [3.8, 4) is 0 Å². The Labute approximate surface area is 129 Å². The molecule has 0 atom stereocenters. The molecule has 0 saturated carbocycles. The van der Waals surface area contributed by atoms with Crippen molar-refractivity contribution in [3.63, 3.8) is 0 Å². The van der Waals surface area contributed by atoms with Crippen molar-refractivity contribution >= 4 is 10.0 Å². The molecule has 2 N–H and O–H groups in total. The molecule has 0 fully saturated rings. The van der Waals surface area contributed by atoms with Crippen LogP contribution in [0, 0.1) is 0 Å². The first kappa shape index (κ1) is 18.1. The lowest BCUT2D eigenvalue weighted by Crippen LogP contribution is -2.46. The van der Waals surface area contributed by atoms with Gasteiger partial charge in [0.1, 0.15) is 0 Å². The van der Waals surface area contributed by atoms with E-state index in [9.17, 15) is 8.42 Å². The predicted molar refractivity (Wildman–Crippen MR) is 88.9 cm³/mol. The Morgan fingerprint density at radius 1 is 1.14 bits per heavy atom. The summed E-state index contributed by atoms with van der Waals surface area (Å²) >= 11 is 0. The summed E-state index contributed by atoms with van der Waals surface area (Å²) in [4.78, 5) is 0. The highest BCUT2D eigenvalue weighted by atomic mass is 32.2. The molecule has 1 aromatic carbocycles. The van der Waals surface area contributed by atoms with Crippen LogP contribution in [0.1, 0.15) is 39.7 Å². The zero-order valence-electron chi connectivity index (χ0n) is 13.5. The summed E-state index contributed by atoms with van der Waals surface area (Å²) in [5.41, 5.74) is 0.790. The molecule has 0 aliphatic rings. The second-order valence-electron chi connectivity index (χ2n) is 6.40. The Hall–Kier alpha value is -0.910. The summed E-state index contributed by atoms with van der Waals surface area (Å²) in [5, 5.41) is 3.13. The molecule has 0 saturated heterocycles. The van der Waals surface area contributed by atoms with Crippen LogP contribution in [-0.2, 0) is 16.4 Å². The van der Waals surface area contributed by atoms with Crippen molar-refractivity contribution in [3.05, 3.63) is 35.9 Å². The van der Waals surface area contributed by atoms with Crippen LogP contribution < -0.4 is 10.0 Å². The van der Waals surface area contributed by atoms with E-state index < -0.39 is 15.6 Å². The van der Waals surface area contributed by atoms with Crippen molar-refractivity contribution in [1.82, 2.24) is 10.0 Å². The molecule has 0 amide bonds. The molecular formula is C16H28N2O2S. The Kier molecular flexibility index (Phi) is 6.84. The topological polar surface area (TPSA) is 58.2 Å². The zero-order chi connectivity index (χ0) is 15.9. The number of aryl methyl sites for hydroxylation is 1. The van der Waals surface area contributed by atoms with Crippen LogP contribution in [0.5, 0.6) is 0 Å². The third kappa shape index (κ3) is 8.19. The van der Waals surface area contributed by atoms with Gasteiger partial charge in [-0.1, -0.05) is 44.2 Å². The smallest absolute Gasteiger partial charge is 0.213 e. The van der Waals surface area contributed by atoms with Crippen molar-refractivity contribution in [2.45, 2.75) is 52.1 Å². The van der Waals surface area contributed by atoms with E-state index in [-0.39, 0.29) is 5.75 Å². The number of hydrogen-bond acceptors (Lipinski definition) is 3. The quantitative estimate of drug-likeness (QED) is 0.736. The molecule has 4 nitrogen and oxygen atoms in total. The fraction of sp³-hybridized carbons (Fsp3) is 0.625. The number of rotatable bonds is 9. The predicted octanol–water partition coefficient (Wildman–Crippen LogP) is 2.32. The van der Waals surface area contributed by atoms with Crippen LogP contribution in [0.4, 0.5) is 0 Å². The van der Waals surface area contributed by atoms with Gasteiger partial charge in [-0.25, -0.2) is 13.1 Å². The Bertz CT molecular complexity index is 510. The van der Waals surface area contributed by atoms with Gasteiger partial charge in [0.15, 0.2) is 0 Å². The fourth-order valence-electron chi connectivity index (χ4n) is 2.11. The van der Waals surface area contributed by atoms with E-state index in [0.717, 1.165) is 12.8 Å². The maximum Gasteiger partial charge on any atom is 0.213 e. The maximum atomic E-state index is 12.1. The van der Waals surface area contributed by atoms with Crippen LogP contribution >= 0.6 is 0 Å². The zero-order valence-corrected chi connectivity index (χ0v) is 14.3. The van der Waals surface area contributed by atoms with E-state index in [1.807, 2.05) is 45.9 Å². The lowest BCUT2D eigenvalue weighted by molar-refractivity contribution is 0.421. The van der Waals surface area contributed by atoms with Gasteiger partial charge in [-0.2, -0.15) is 0 Å². The molecule has 0 heterocycles. The largest absolute Gasteiger partial charge is 0.313 e. The van der Waals surface area contributed by atoms with E-state index in [1.54, 1.807) is 0 Å². The van der Waals surface area contributed by atoms with Crippen LogP contribution in [0.2, 0.25) is 0 Å². The molecule has 0 bridgehead atoms. The lowest BCUT2D eigenvalue weighted by atomic mass is 9.97. The van der Waals surface area contributed by atoms with Crippen LogP contribution in [0.25, 0.3) is 0 Å². The second kappa shape index (κ2) is 7.92. The van der Waals surface area contributed by atoms with Crippen molar-refractivity contribution in [1.29, 1.82) is 0 Å². The summed E-state index contributed by atoms with van der Waals surface area (Å²) in [7, 11) is -3.25. The normalized spacial score (nSPS) is 12.8. The van der Waals surface area contributed by atoms with E-state index in [2.05, 4.69) is 22.2 Å². The van der Waals surface area contributed by atoms with Gasteiger partial charge in [-0.3, -0.25) is 0 Å². The van der Waals surface area contributed by atoms with Gasteiger partial charge in [0.2, 0.25) is 10.0 Å². The number of sulfonamides is 1. The summed E-state index contributed by atoms with van der Waals surface area (Å²) < 4.78 is 27.0. The van der Waals surface area contributed by atoms with E-state index in [1.165, 1.54) is 5.56 Å². The Balaban J connectivity index is 2.46. The summed E-state index contributed by atoms with van der Waals surface area (Å²) in [6.45, 7) is 8.35. The minimum absolute atomic E-state index is 0.111. The first-order chi connectivity index (χ1) is 9.70. The fourth-order valence-corrected chi connectivity index (χ4v) is 3.54. The SMILES string of the molecule is CC(C)NCCS(=O)(=O)NC(C)(C)CCc1ccccc1. The maximum absolute atomic E-state index is 12.1. The minimum Gasteiger partial charge on any atom is -0.313 e. The first-order valence-electron chi connectivity index (χ1n) is 7.49. The second-order valence-corrected chi connectivity index (χ2v) is 8.24. The molecule has 21 heavy (non-hydrogen) atoms. The van der Waals surface area contributed by atoms with Gasteiger partial charge in [0, 0.05) is 18.1 Å². The van der Waals surface area contributed by atoms with Crippen molar-refractivity contribution in [2.75, 3.05) is 12.3 Å². The van der Waals surface area contributed by atoms with Crippen LogP contribution in [0.15, 0.2) is 30.3 Å². The van der Waals surface area contributed by atoms with Gasteiger partial charge in [0.25, 0.3) is 0 Å². The molecule has 0 unspecified atom stereocenters. The molecule has 0 aliphatic heterocycles. The highest BCUT2D eigenvalue weighted by Crippen LogP contribution is 2.14. The summed E-state index contributed by atoms with van der Waals surface area (Å²) in [6.07, 6.45) is 1.63. The first-order valence-corrected chi connectivity index (χ1v) is 9.14. The monoisotopic (exact) mass is 312 g/mol. The molecule has 120 valence electrons. The van der Waals surface area contributed by atoms with Crippen LogP contribution in [0.3, 0.4) is 0 Å². The average Bonchev–Trinajstić information content (AvgIpc) is 2.36. The van der Waals surface area contributed by atoms with E-state index >= 15 is 0 Å². The van der Waals surface area contributed by atoms with Crippen molar-refractivity contribution < 1.29 is 8.42 Å². The Morgan fingerprint density at radius 2 is 1.76 bits per heavy atom. The summed E-state index contributed by atoms with van der Waals surface area (Å²) in [6, 6.07) is 10.4. The molecule has 5 heteroatoms. The molecular weight excluding hydrogens is 284 g/mol. The number of nitrogens with one attached hydrogen (secondary N) is 2. The third-order valence-electron chi connectivity index (χ3n) is 3.24. The Morgan fingerprint density at radius 3 is 2.33 bits per heavy atom. The van der Waals surface area contributed by atoms with E-state index in [4.69, 9.17) is 0 Å². The average molecular weight is 312 g/mol. The molecule has 0 radical (unpaired) electrons. The highest BCUT2D eigenvalue weighted by Gasteiger charge is 2.24. The van der Waals surface area contributed by atoms with Gasteiger partial charge in [0.05, 0.1) is 5.75 Å². The van der Waals surface area contributed by atoms with E-state index in [0.29, 0.717) is 12.6 Å². The van der Waals surface area contributed by atoms with Gasteiger partial charge < -0.3 is 5.32 Å². The standard InChI is InChI=1S/C16H28N2O2S/c1-14(2)17-12-13-21(19,20)18-16(3,4)11-10-15-8-6-5-7-9-15/h5-9,14,17-18H,10-13H2,1-4H3. The number of hydrogen-bond donors (Lipinski definition) is 2. The molecule has 0 aliphatic carbocycles. The van der Waals surface area contributed by atoms with Gasteiger partial charge in [-0.15, -0.1) is 0 Å². The molecule has 1 aromatic rings. The van der Waals surface area contributed by atoms with Gasteiger partial charge in [-0.05, 0) is 32.3 Å². The van der Waals surface area contributed by atoms with Gasteiger partial charge >= 0.3 is 0 Å². The molecule has 0 spiro atoms. The third-order valence-corrected chi connectivity index (χ3v) is 4.84. The lowest BCUT2D eigenvalue weighted by Gasteiger charge is -2.26. The van der Waals surface area contributed by atoms with Crippen molar-refractivity contribution in [2.24, 2.45) is 0 Å². The molecule has 1 rings (SSSR count). The minimum atomic E-state index is -3.25. The number of benzene rings is 1. The molecule has 0 aromatic heterocycles. The van der Waals surface area contributed by atoms with Crippen LogP contribution in [-0.4, -0.2) is 32.3 Å². The highest BCUT2D eigenvalue weighted by molar-refractivity contribution is 7.89.